The first kappa shape index (κ1) is 13.3. The fraction of sp³-hybridized carbons (Fsp3) is 0.571. The molecule has 0 saturated heterocycles. The molecule has 0 radical (unpaired) electrons. The molecule has 1 unspecified atom stereocenters. The average molecular weight is 267 g/mol. The van der Waals surface area contributed by atoms with Crippen LogP contribution in [0.25, 0.3) is 0 Å². The third-order valence-corrected chi connectivity index (χ3v) is 3.94. The van der Waals surface area contributed by atoms with Crippen molar-refractivity contribution in [2.45, 2.75) is 46.1 Å². The van der Waals surface area contributed by atoms with Crippen molar-refractivity contribution >= 4 is 17.5 Å². The summed E-state index contributed by atoms with van der Waals surface area (Å²) < 4.78 is 0. The van der Waals surface area contributed by atoms with E-state index in [2.05, 4.69) is 24.1 Å². The van der Waals surface area contributed by atoms with Crippen LogP contribution in [0.4, 0.5) is 0 Å². The summed E-state index contributed by atoms with van der Waals surface area (Å²) in [4.78, 5) is 16.3. The average Bonchev–Trinajstić information content (AvgIpc) is 2.57. The molecule has 1 aliphatic rings. The molecule has 1 amide bonds. The zero-order valence-corrected chi connectivity index (χ0v) is 11.8. The van der Waals surface area contributed by atoms with Crippen molar-refractivity contribution in [2.24, 2.45) is 5.41 Å². The van der Waals surface area contributed by atoms with Gasteiger partial charge in [-0.05, 0) is 37.3 Å². The number of nitrogens with one attached hydrogen (secondary N) is 1. The number of amides is 1. The van der Waals surface area contributed by atoms with Crippen LogP contribution in [0.3, 0.4) is 0 Å². The summed E-state index contributed by atoms with van der Waals surface area (Å²) in [5.74, 6) is -0.0534. The van der Waals surface area contributed by atoms with Crippen molar-refractivity contribution in [3.63, 3.8) is 0 Å². The number of hydrogen-bond donors (Lipinski definition) is 1. The fourth-order valence-electron chi connectivity index (χ4n) is 2.60. The van der Waals surface area contributed by atoms with Crippen LogP contribution in [0.1, 0.15) is 49.2 Å². The van der Waals surface area contributed by atoms with Gasteiger partial charge in [-0.15, -0.1) is 0 Å². The maximum Gasteiger partial charge on any atom is 0.251 e. The van der Waals surface area contributed by atoms with Crippen LogP contribution < -0.4 is 5.32 Å². The van der Waals surface area contributed by atoms with Crippen LogP contribution in [0.2, 0.25) is 5.15 Å². The molecule has 1 aliphatic carbocycles. The predicted molar refractivity (Wildman–Crippen MR) is 72.9 cm³/mol. The Morgan fingerprint density at radius 1 is 1.50 bits per heavy atom. The van der Waals surface area contributed by atoms with Crippen molar-refractivity contribution in [1.82, 2.24) is 10.3 Å². The van der Waals surface area contributed by atoms with Gasteiger partial charge in [-0.2, -0.15) is 0 Å². The molecule has 1 N–H and O–H groups in total. The molecule has 18 heavy (non-hydrogen) atoms. The van der Waals surface area contributed by atoms with Gasteiger partial charge < -0.3 is 5.32 Å². The van der Waals surface area contributed by atoms with Crippen LogP contribution in [0, 0.1) is 12.3 Å². The number of carbonyl (C=O) groups is 1. The van der Waals surface area contributed by atoms with E-state index in [0.717, 1.165) is 18.5 Å². The topological polar surface area (TPSA) is 42.0 Å². The summed E-state index contributed by atoms with van der Waals surface area (Å²) in [6.07, 6.45) is 3.39. The first-order chi connectivity index (χ1) is 8.38. The zero-order chi connectivity index (χ0) is 13.3. The molecule has 1 aromatic rings. The van der Waals surface area contributed by atoms with Gasteiger partial charge in [-0.1, -0.05) is 31.9 Å². The maximum atomic E-state index is 12.2. The lowest BCUT2D eigenvalue weighted by atomic mass is 9.87. The largest absolute Gasteiger partial charge is 0.349 e. The van der Waals surface area contributed by atoms with E-state index in [9.17, 15) is 4.79 Å². The molecule has 1 fully saturated rings. The first-order valence-electron chi connectivity index (χ1n) is 6.33. The lowest BCUT2D eigenvalue weighted by molar-refractivity contribution is 0.0910. The molecule has 98 valence electrons. The van der Waals surface area contributed by atoms with E-state index < -0.39 is 0 Å². The van der Waals surface area contributed by atoms with Crippen LogP contribution in [0.5, 0.6) is 0 Å². The zero-order valence-electron chi connectivity index (χ0n) is 11.1. The molecule has 2 rings (SSSR count). The van der Waals surface area contributed by atoms with Crippen LogP contribution >= 0.6 is 11.6 Å². The standard InChI is InChI=1S/C14H19ClN2O/c1-9-7-10(8-12(15)16-9)13(18)17-11-5-4-6-14(11,2)3/h7-8,11H,4-6H2,1-3H3,(H,17,18). The molecule has 1 heterocycles. The van der Waals surface area contributed by atoms with Crippen molar-refractivity contribution in [3.05, 3.63) is 28.5 Å². The van der Waals surface area contributed by atoms with Gasteiger partial charge in [-0.25, -0.2) is 4.98 Å². The number of carbonyl (C=O) groups excluding carboxylic acids is 1. The number of aromatic nitrogens is 1. The summed E-state index contributed by atoms with van der Waals surface area (Å²) in [5, 5.41) is 3.48. The number of rotatable bonds is 2. The number of halogens is 1. The minimum absolute atomic E-state index is 0.0534. The Morgan fingerprint density at radius 3 is 2.78 bits per heavy atom. The highest BCUT2D eigenvalue weighted by atomic mass is 35.5. The second kappa shape index (κ2) is 4.88. The highest BCUT2D eigenvalue weighted by Crippen LogP contribution is 2.37. The molecule has 0 aromatic carbocycles. The molecular formula is C14H19ClN2O. The van der Waals surface area contributed by atoms with Gasteiger partial charge in [0, 0.05) is 17.3 Å². The van der Waals surface area contributed by atoms with Crippen LogP contribution in [0.15, 0.2) is 12.1 Å². The highest BCUT2D eigenvalue weighted by Gasteiger charge is 2.35. The van der Waals surface area contributed by atoms with Crippen molar-refractivity contribution in [3.8, 4) is 0 Å². The molecule has 0 bridgehead atoms. The van der Waals surface area contributed by atoms with Crippen LogP contribution in [-0.4, -0.2) is 16.9 Å². The molecule has 3 nitrogen and oxygen atoms in total. The van der Waals surface area contributed by atoms with E-state index in [0.29, 0.717) is 10.7 Å². The number of nitrogens with zero attached hydrogens (tertiary/aromatic N) is 1. The summed E-state index contributed by atoms with van der Waals surface area (Å²) in [7, 11) is 0. The van der Waals surface area contributed by atoms with E-state index in [-0.39, 0.29) is 17.4 Å². The monoisotopic (exact) mass is 266 g/mol. The molecule has 0 spiro atoms. The Labute approximate surface area is 113 Å². The first-order valence-corrected chi connectivity index (χ1v) is 6.71. The third-order valence-electron chi connectivity index (χ3n) is 3.75. The quantitative estimate of drug-likeness (QED) is 0.834. The van der Waals surface area contributed by atoms with E-state index >= 15 is 0 Å². The molecule has 4 heteroatoms. The third kappa shape index (κ3) is 2.83. The summed E-state index contributed by atoms with van der Waals surface area (Å²) in [6, 6.07) is 3.63. The van der Waals surface area contributed by atoms with E-state index in [1.807, 2.05) is 6.92 Å². The fourth-order valence-corrected chi connectivity index (χ4v) is 2.85. The van der Waals surface area contributed by atoms with Gasteiger partial charge in [-0.3, -0.25) is 4.79 Å². The Kier molecular flexibility index (Phi) is 3.62. The number of pyridine rings is 1. The normalized spacial score (nSPS) is 21.9. The Bertz CT molecular complexity index is 451. The van der Waals surface area contributed by atoms with E-state index in [4.69, 9.17) is 11.6 Å². The van der Waals surface area contributed by atoms with Gasteiger partial charge in [0.1, 0.15) is 5.15 Å². The Morgan fingerprint density at radius 2 is 2.22 bits per heavy atom. The van der Waals surface area contributed by atoms with Gasteiger partial charge in [0.2, 0.25) is 0 Å². The molecule has 1 atom stereocenters. The van der Waals surface area contributed by atoms with Crippen LogP contribution in [-0.2, 0) is 0 Å². The Balaban J connectivity index is 2.12. The predicted octanol–water partition coefficient (Wildman–Crippen LogP) is 3.35. The lowest BCUT2D eigenvalue weighted by Gasteiger charge is -2.27. The molecule has 0 aliphatic heterocycles. The van der Waals surface area contributed by atoms with E-state index in [1.165, 1.54) is 6.42 Å². The van der Waals surface area contributed by atoms with Crippen molar-refractivity contribution < 1.29 is 4.79 Å². The minimum atomic E-state index is -0.0534. The molecule has 1 saturated carbocycles. The second-order valence-electron chi connectivity index (χ2n) is 5.73. The van der Waals surface area contributed by atoms with E-state index in [1.54, 1.807) is 12.1 Å². The molecular weight excluding hydrogens is 248 g/mol. The maximum absolute atomic E-state index is 12.2. The summed E-state index contributed by atoms with van der Waals surface area (Å²) in [6.45, 7) is 6.24. The van der Waals surface area contributed by atoms with Gasteiger partial charge in [0.05, 0.1) is 0 Å². The van der Waals surface area contributed by atoms with Gasteiger partial charge in [0.25, 0.3) is 5.91 Å². The second-order valence-corrected chi connectivity index (χ2v) is 6.11. The summed E-state index contributed by atoms with van der Waals surface area (Å²) in [5.41, 5.74) is 1.54. The van der Waals surface area contributed by atoms with Gasteiger partial charge in [0.15, 0.2) is 0 Å². The summed E-state index contributed by atoms with van der Waals surface area (Å²) >= 11 is 5.88. The van der Waals surface area contributed by atoms with Gasteiger partial charge >= 0.3 is 0 Å². The Hall–Kier alpha value is -1.09. The lowest BCUT2D eigenvalue weighted by Crippen LogP contribution is -2.41. The number of hydrogen-bond acceptors (Lipinski definition) is 2. The highest BCUT2D eigenvalue weighted by molar-refractivity contribution is 6.29. The van der Waals surface area contributed by atoms with Crippen molar-refractivity contribution in [2.75, 3.05) is 0 Å². The molecule has 1 aromatic heterocycles. The smallest absolute Gasteiger partial charge is 0.251 e. The number of aryl methyl sites for hydroxylation is 1. The SMILES string of the molecule is Cc1cc(C(=O)NC2CCCC2(C)C)cc(Cl)n1. The van der Waals surface area contributed by atoms with Crippen molar-refractivity contribution in [1.29, 1.82) is 0 Å². The minimum Gasteiger partial charge on any atom is -0.349 e.